The molecule has 0 saturated carbocycles. The maximum absolute atomic E-state index is 11.8. The number of hydrogen-bond donors (Lipinski definition) is 3. The predicted octanol–water partition coefficient (Wildman–Crippen LogP) is 1.50. The minimum atomic E-state index is -0.778. The van der Waals surface area contributed by atoms with E-state index in [-0.39, 0.29) is 0 Å². The van der Waals surface area contributed by atoms with Crippen molar-refractivity contribution in [2.45, 2.75) is 33.8 Å². The summed E-state index contributed by atoms with van der Waals surface area (Å²) in [5.74, 6) is 0.0834. The van der Waals surface area contributed by atoms with Crippen LogP contribution < -0.4 is 21.1 Å². The molecule has 6 heteroatoms. The largest absolute Gasteiger partial charge is 0.481 e. The van der Waals surface area contributed by atoms with Crippen molar-refractivity contribution < 1.29 is 14.3 Å². The summed E-state index contributed by atoms with van der Waals surface area (Å²) in [5.41, 5.74) is 8.18. The molecular formula is C14H21N3O3. The summed E-state index contributed by atoms with van der Waals surface area (Å²) in [6, 6.07) is 3.04. The minimum Gasteiger partial charge on any atom is -0.481 e. The van der Waals surface area contributed by atoms with Gasteiger partial charge in [-0.15, -0.1) is 0 Å². The quantitative estimate of drug-likeness (QED) is 0.728. The van der Waals surface area contributed by atoms with Gasteiger partial charge in [-0.2, -0.15) is 0 Å². The van der Waals surface area contributed by atoms with Crippen LogP contribution in [0.1, 0.15) is 25.0 Å². The van der Waals surface area contributed by atoms with Gasteiger partial charge in [0.25, 0.3) is 5.91 Å². The van der Waals surface area contributed by atoms with Crippen LogP contribution in [0, 0.1) is 13.8 Å². The Balaban J connectivity index is 2.71. The van der Waals surface area contributed by atoms with E-state index in [9.17, 15) is 9.59 Å². The molecule has 0 aromatic heterocycles. The highest BCUT2D eigenvalue weighted by molar-refractivity contribution is 5.96. The van der Waals surface area contributed by atoms with E-state index in [1.165, 1.54) is 0 Å². The molecule has 0 aliphatic carbocycles. The van der Waals surface area contributed by atoms with E-state index in [4.69, 9.17) is 10.5 Å². The molecule has 1 rings (SSSR count). The minimum absolute atomic E-state index is 0.449. The number of carbonyl (C=O) groups excluding carboxylic acids is 2. The van der Waals surface area contributed by atoms with Crippen LogP contribution in [0.2, 0.25) is 0 Å². The van der Waals surface area contributed by atoms with Crippen molar-refractivity contribution in [3.05, 3.63) is 23.3 Å². The second-order valence-electron chi connectivity index (χ2n) is 4.58. The lowest BCUT2D eigenvalue weighted by Gasteiger charge is -2.17. The number of hydrogen-bond acceptors (Lipinski definition) is 4. The molecule has 1 aromatic carbocycles. The van der Waals surface area contributed by atoms with E-state index in [2.05, 4.69) is 10.6 Å². The summed E-state index contributed by atoms with van der Waals surface area (Å²) in [6.07, 6.45) is -0.778. The van der Waals surface area contributed by atoms with Crippen LogP contribution in [-0.2, 0) is 4.79 Å². The van der Waals surface area contributed by atoms with Gasteiger partial charge in [-0.1, -0.05) is 0 Å². The lowest BCUT2D eigenvalue weighted by molar-refractivity contribution is -0.126. The summed E-state index contributed by atoms with van der Waals surface area (Å²) >= 11 is 0. The number of anilines is 1. The van der Waals surface area contributed by atoms with E-state index < -0.39 is 18.0 Å². The number of imide groups is 1. The highest BCUT2D eigenvalue weighted by atomic mass is 16.5. The van der Waals surface area contributed by atoms with Crippen LogP contribution in [-0.4, -0.2) is 24.6 Å². The Morgan fingerprint density at radius 3 is 2.55 bits per heavy atom. The first-order valence-corrected chi connectivity index (χ1v) is 6.47. The summed E-state index contributed by atoms with van der Waals surface area (Å²) in [6.45, 7) is 7.51. The highest BCUT2D eigenvalue weighted by Crippen LogP contribution is 2.25. The number of ether oxygens (including phenoxy) is 1. The maximum Gasteiger partial charge on any atom is 0.321 e. The molecule has 0 fully saturated rings. The Morgan fingerprint density at radius 1 is 1.30 bits per heavy atom. The Hall–Kier alpha value is -2.24. The van der Waals surface area contributed by atoms with Crippen molar-refractivity contribution >= 4 is 17.6 Å². The zero-order valence-corrected chi connectivity index (χ0v) is 12.2. The third-order valence-electron chi connectivity index (χ3n) is 2.81. The normalized spacial score (nSPS) is 11.6. The molecule has 0 radical (unpaired) electrons. The summed E-state index contributed by atoms with van der Waals surface area (Å²) in [7, 11) is 0. The number of benzene rings is 1. The molecule has 0 heterocycles. The standard InChI is InChI=1S/C14H21N3O3/c1-5-16-14(19)17-13(18)10(4)20-12-7-8(2)11(15)6-9(12)3/h6-7,10H,5,15H2,1-4H3,(H2,16,17,18,19). The van der Waals surface area contributed by atoms with Crippen molar-refractivity contribution in [2.24, 2.45) is 0 Å². The summed E-state index contributed by atoms with van der Waals surface area (Å²) in [5, 5.41) is 4.69. The van der Waals surface area contributed by atoms with E-state index in [0.29, 0.717) is 18.0 Å². The lowest BCUT2D eigenvalue weighted by atomic mass is 10.1. The first kappa shape index (κ1) is 15.8. The number of nitrogens with two attached hydrogens (primary N) is 1. The van der Waals surface area contributed by atoms with Gasteiger partial charge in [-0.25, -0.2) is 4.79 Å². The van der Waals surface area contributed by atoms with Gasteiger partial charge in [0.2, 0.25) is 0 Å². The molecular weight excluding hydrogens is 258 g/mol. The van der Waals surface area contributed by atoms with Crippen LogP contribution in [0.15, 0.2) is 12.1 Å². The van der Waals surface area contributed by atoms with Gasteiger partial charge in [0.1, 0.15) is 5.75 Å². The number of urea groups is 1. The molecule has 1 atom stereocenters. The van der Waals surface area contributed by atoms with Crippen molar-refractivity contribution in [1.29, 1.82) is 0 Å². The highest BCUT2D eigenvalue weighted by Gasteiger charge is 2.18. The first-order chi connectivity index (χ1) is 9.35. The zero-order valence-electron chi connectivity index (χ0n) is 12.2. The summed E-state index contributed by atoms with van der Waals surface area (Å²) < 4.78 is 5.57. The average molecular weight is 279 g/mol. The zero-order chi connectivity index (χ0) is 15.3. The van der Waals surface area contributed by atoms with Gasteiger partial charge in [-0.05, 0) is 51.0 Å². The molecule has 3 amide bonds. The van der Waals surface area contributed by atoms with E-state index in [0.717, 1.165) is 11.1 Å². The SMILES string of the molecule is CCNC(=O)NC(=O)C(C)Oc1cc(C)c(N)cc1C. The summed E-state index contributed by atoms with van der Waals surface area (Å²) in [4.78, 5) is 23.0. The monoisotopic (exact) mass is 279 g/mol. The fourth-order valence-corrected chi connectivity index (χ4v) is 1.60. The van der Waals surface area contributed by atoms with Gasteiger partial charge < -0.3 is 15.8 Å². The average Bonchev–Trinajstić information content (AvgIpc) is 2.35. The molecule has 6 nitrogen and oxygen atoms in total. The molecule has 20 heavy (non-hydrogen) atoms. The van der Waals surface area contributed by atoms with E-state index in [1.807, 2.05) is 13.8 Å². The topological polar surface area (TPSA) is 93.5 Å². The third kappa shape index (κ3) is 4.15. The fourth-order valence-electron chi connectivity index (χ4n) is 1.60. The smallest absolute Gasteiger partial charge is 0.321 e. The maximum atomic E-state index is 11.8. The van der Waals surface area contributed by atoms with Gasteiger partial charge in [0.15, 0.2) is 6.10 Å². The molecule has 0 saturated heterocycles. The van der Waals surface area contributed by atoms with Gasteiger partial charge in [0.05, 0.1) is 0 Å². The number of rotatable bonds is 4. The number of nitrogens with one attached hydrogen (secondary N) is 2. The van der Waals surface area contributed by atoms with Crippen LogP contribution in [0.4, 0.5) is 10.5 Å². The number of aryl methyl sites for hydroxylation is 2. The molecule has 4 N–H and O–H groups in total. The van der Waals surface area contributed by atoms with Gasteiger partial charge in [0, 0.05) is 12.2 Å². The van der Waals surface area contributed by atoms with Crippen LogP contribution in [0.25, 0.3) is 0 Å². The van der Waals surface area contributed by atoms with Crippen LogP contribution >= 0.6 is 0 Å². The van der Waals surface area contributed by atoms with Crippen LogP contribution in [0.5, 0.6) is 5.75 Å². The van der Waals surface area contributed by atoms with E-state index >= 15 is 0 Å². The number of carbonyl (C=O) groups is 2. The van der Waals surface area contributed by atoms with E-state index in [1.54, 1.807) is 26.0 Å². The predicted molar refractivity (Wildman–Crippen MR) is 77.6 cm³/mol. The Labute approximate surface area is 118 Å². The van der Waals surface area contributed by atoms with Crippen molar-refractivity contribution in [3.8, 4) is 5.75 Å². The Kier molecular flexibility index (Phi) is 5.37. The van der Waals surface area contributed by atoms with Gasteiger partial charge in [-0.3, -0.25) is 10.1 Å². The molecule has 1 aromatic rings. The molecule has 0 aliphatic rings. The Morgan fingerprint density at radius 2 is 1.95 bits per heavy atom. The van der Waals surface area contributed by atoms with Gasteiger partial charge >= 0.3 is 6.03 Å². The second-order valence-corrected chi connectivity index (χ2v) is 4.58. The third-order valence-corrected chi connectivity index (χ3v) is 2.81. The molecule has 1 unspecified atom stereocenters. The van der Waals surface area contributed by atoms with Crippen molar-refractivity contribution in [2.75, 3.05) is 12.3 Å². The molecule has 0 spiro atoms. The second kappa shape index (κ2) is 6.79. The first-order valence-electron chi connectivity index (χ1n) is 6.47. The van der Waals surface area contributed by atoms with Crippen molar-refractivity contribution in [1.82, 2.24) is 10.6 Å². The molecule has 0 aliphatic heterocycles. The number of nitrogen functional groups attached to an aromatic ring is 1. The lowest BCUT2D eigenvalue weighted by Crippen LogP contribution is -2.45. The molecule has 0 bridgehead atoms. The van der Waals surface area contributed by atoms with Crippen molar-refractivity contribution in [3.63, 3.8) is 0 Å². The Bertz CT molecular complexity index is 515. The fraction of sp³-hybridized carbons (Fsp3) is 0.429. The molecule has 110 valence electrons. The van der Waals surface area contributed by atoms with Crippen LogP contribution in [0.3, 0.4) is 0 Å². The number of amides is 3.